The molecule has 2 rings (SSSR count). The second-order valence-corrected chi connectivity index (χ2v) is 3.87. The molecule has 0 saturated heterocycles. The van der Waals surface area contributed by atoms with E-state index in [0.29, 0.717) is 17.9 Å². The predicted octanol–water partition coefficient (Wildman–Crippen LogP) is 3.00. The van der Waals surface area contributed by atoms with E-state index in [4.69, 9.17) is 9.68 Å². The van der Waals surface area contributed by atoms with Crippen LogP contribution in [0.4, 0.5) is 5.69 Å². The minimum atomic E-state index is -0.232. The maximum atomic E-state index is 11.6. The van der Waals surface area contributed by atoms with E-state index in [9.17, 15) is 4.79 Å². The van der Waals surface area contributed by atoms with E-state index >= 15 is 0 Å². The zero-order valence-electron chi connectivity index (χ0n) is 10.2. The molecule has 0 spiro atoms. The molecule has 0 atom stereocenters. The fraction of sp³-hybridized carbons (Fsp3) is 0.0667. The monoisotopic (exact) mass is 252 g/mol. The summed E-state index contributed by atoms with van der Waals surface area (Å²) in [6.07, 6.45) is 4.92. The van der Waals surface area contributed by atoms with Crippen molar-refractivity contribution >= 4 is 17.7 Å². The van der Waals surface area contributed by atoms with Gasteiger partial charge in [0.25, 0.3) is 0 Å². The van der Waals surface area contributed by atoms with Crippen LogP contribution in [0, 0.1) is 11.3 Å². The number of furan rings is 1. The van der Waals surface area contributed by atoms with E-state index in [1.165, 1.54) is 6.08 Å². The molecular weight excluding hydrogens is 240 g/mol. The lowest BCUT2D eigenvalue weighted by molar-refractivity contribution is -0.111. The predicted molar refractivity (Wildman–Crippen MR) is 72.1 cm³/mol. The number of nitrogens with one attached hydrogen (secondary N) is 1. The van der Waals surface area contributed by atoms with Crippen molar-refractivity contribution in [1.29, 1.82) is 5.26 Å². The summed E-state index contributed by atoms with van der Waals surface area (Å²) < 4.78 is 5.08. The molecule has 1 aromatic carbocycles. The van der Waals surface area contributed by atoms with Gasteiger partial charge in [0, 0.05) is 11.8 Å². The summed E-state index contributed by atoms with van der Waals surface area (Å²) in [6, 6.07) is 12.8. The van der Waals surface area contributed by atoms with Crippen LogP contribution in [0.25, 0.3) is 6.08 Å². The van der Waals surface area contributed by atoms with Crippen LogP contribution in [0.2, 0.25) is 0 Å². The van der Waals surface area contributed by atoms with Gasteiger partial charge in [0.1, 0.15) is 5.76 Å². The summed E-state index contributed by atoms with van der Waals surface area (Å²) in [5.74, 6) is 0.393. The molecule has 0 aliphatic carbocycles. The fourth-order valence-corrected chi connectivity index (χ4v) is 1.53. The van der Waals surface area contributed by atoms with E-state index in [1.807, 2.05) is 12.1 Å². The van der Waals surface area contributed by atoms with Gasteiger partial charge in [-0.1, -0.05) is 12.1 Å². The lowest BCUT2D eigenvalue weighted by atomic mass is 10.1. The second kappa shape index (κ2) is 6.22. The lowest BCUT2D eigenvalue weighted by Crippen LogP contribution is -2.07. The number of carbonyl (C=O) groups is 1. The highest BCUT2D eigenvalue weighted by Crippen LogP contribution is 2.10. The third kappa shape index (κ3) is 3.86. The smallest absolute Gasteiger partial charge is 0.248 e. The van der Waals surface area contributed by atoms with Gasteiger partial charge in [-0.05, 0) is 35.9 Å². The van der Waals surface area contributed by atoms with E-state index in [1.54, 1.807) is 36.6 Å². The quantitative estimate of drug-likeness (QED) is 0.850. The number of hydrogen-bond acceptors (Lipinski definition) is 3. The van der Waals surface area contributed by atoms with Gasteiger partial charge in [-0.3, -0.25) is 4.79 Å². The third-order valence-electron chi connectivity index (χ3n) is 2.45. The molecule has 2 aromatic rings. The van der Waals surface area contributed by atoms with Crippen molar-refractivity contribution in [2.24, 2.45) is 0 Å². The Morgan fingerprint density at radius 1 is 1.32 bits per heavy atom. The Bertz CT molecular complexity index is 605. The fourth-order valence-electron chi connectivity index (χ4n) is 1.53. The van der Waals surface area contributed by atoms with Gasteiger partial charge in [-0.25, -0.2) is 0 Å². The Labute approximate surface area is 111 Å². The maximum absolute atomic E-state index is 11.6. The molecule has 0 bridgehead atoms. The Morgan fingerprint density at radius 2 is 2.11 bits per heavy atom. The molecule has 19 heavy (non-hydrogen) atoms. The van der Waals surface area contributed by atoms with Crippen molar-refractivity contribution in [2.45, 2.75) is 6.42 Å². The Hall–Kier alpha value is -2.80. The normalized spacial score (nSPS) is 10.3. The zero-order chi connectivity index (χ0) is 13.5. The molecule has 0 aliphatic rings. The van der Waals surface area contributed by atoms with Gasteiger partial charge < -0.3 is 9.73 Å². The molecule has 1 amide bonds. The van der Waals surface area contributed by atoms with Crippen molar-refractivity contribution in [3.8, 4) is 6.07 Å². The standard InChI is InChI=1S/C15H12N2O2/c16-10-9-12-3-5-13(6-4-12)17-15(18)8-7-14-2-1-11-19-14/h1-8,11H,9H2,(H,17,18)/b8-7+. The number of amides is 1. The summed E-state index contributed by atoms with van der Waals surface area (Å²) in [5.41, 5.74) is 1.61. The molecule has 0 radical (unpaired) electrons. The van der Waals surface area contributed by atoms with Crippen LogP contribution >= 0.6 is 0 Å². The third-order valence-corrected chi connectivity index (χ3v) is 2.45. The van der Waals surface area contributed by atoms with Crippen LogP contribution < -0.4 is 5.32 Å². The molecule has 0 saturated carbocycles. The van der Waals surface area contributed by atoms with E-state index < -0.39 is 0 Å². The van der Waals surface area contributed by atoms with E-state index in [0.717, 1.165) is 5.56 Å². The Kier molecular flexibility index (Phi) is 4.14. The first kappa shape index (κ1) is 12.7. The van der Waals surface area contributed by atoms with Crippen LogP contribution in [0.1, 0.15) is 11.3 Å². The minimum Gasteiger partial charge on any atom is -0.465 e. The van der Waals surface area contributed by atoms with Gasteiger partial charge >= 0.3 is 0 Å². The van der Waals surface area contributed by atoms with Crippen molar-refractivity contribution in [3.63, 3.8) is 0 Å². The number of nitriles is 1. The highest BCUT2D eigenvalue weighted by Gasteiger charge is 1.99. The average Bonchev–Trinajstić information content (AvgIpc) is 2.92. The topological polar surface area (TPSA) is 66.0 Å². The molecule has 1 N–H and O–H groups in total. The molecule has 94 valence electrons. The summed E-state index contributed by atoms with van der Waals surface area (Å²) >= 11 is 0. The van der Waals surface area contributed by atoms with Gasteiger partial charge in [0.2, 0.25) is 5.91 Å². The molecular formula is C15H12N2O2. The molecule has 4 heteroatoms. The number of nitrogens with zero attached hydrogens (tertiary/aromatic N) is 1. The number of hydrogen-bond donors (Lipinski definition) is 1. The largest absolute Gasteiger partial charge is 0.465 e. The van der Waals surface area contributed by atoms with Crippen molar-refractivity contribution in [2.75, 3.05) is 5.32 Å². The number of anilines is 1. The van der Waals surface area contributed by atoms with Crippen LogP contribution in [-0.2, 0) is 11.2 Å². The molecule has 1 aromatic heterocycles. The molecule has 0 unspecified atom stereocenters. The van der Waals surface area contributed by atoms with Gasteiger partial charge in [-0.15, -0.1) is 0 Å². The molecule has 0 fully saturated rings. The maximum Gasteiger partial charge on any atom is 0.248 e. The number of rotatable bonds is 4. The van der Waals surface area contributed by atoms with Crippen LogP contribution in [-0.4, -0.2) is 5.91 Å². The SMILES string of the molecule is N#CCc1ccc(NC(=O)/C=C/c2ccco2)cc1. The Balaban J connectivity index is 1.93. The van der Waals surface area contributed by atoms with Crippen LogP contribution in [0.5, 0.6) is 0 Å². The average molecular weight is 252 g/mol. The first-order valence-electron chi connectivity index (χ1n) is 5.76. The van der Waals surface area contributed by atoms with Crippen molar-refractivity contribution in [3.05, 3.63) is 60.1 Å². The Morgan fingerprint density at radius 3 is 2.74 bits per heavy atom. The first-order valence-corrected chi connectivity index (χ1v) is 5.76. The zero-order valence-corrected chi connectivity index (χ0v) is 10.2. The van der Waals surface area contributed by atoms with Crippen molar-refractivity contribution in [1.82, 2.24) is 0 Å². The summed E-state index contributed by atoms with van der Waals surface area (Å²) in [7, 11) is 0. The van der Waals surface area contributed by atoms with Crippen LogP contribution in [0.3, 0.4) is 0 Å². The second-order valence-electron chi connectivity index (χ2n) is 3.87. The lowest BCUT2D eigenvalue weighted by Gasteiger charge is -2.02. The van der Waals surface area contributed by atoms with Crippen molar-refractivity contribution < 1.29 is 9.21 Å². The highest BCUT2D eigenvalue weighted by atomic mass is 16.3. The number of benzene rings is 1. The molecule has 4 nitrogen and oxygen atoms in total. The van der Waals surface area contributed by atoms with Gasteiger partial charge in [-0.2, -0.15) is 5.26 Å². The first-order chi connectivity index (χ1) is 9.28. The molecule has 1 heterocycles. The minimum absolute atomic E-state index is 0.232. The summed E-state index contributed by atoms with van der Waals surface area (Å²) in [4.78, 5) is 11.6. The van der Waals surface area contributed by atoms with Crippen LogP contribution in [0.15, 0.2) is 53.2 Å². The highest BCUT2D eigenvalue weighted by molar-refractivity contribution is 6.01. The molecule has 0 aliphatic heterocycles. The van der Waals surface area contributed by atoms with Gasteiger partial charge in [0.15, 0.2) is 0 Å². The van der Waals surface area contributed by atoms with E-state index in [-0.39, 0.29) is 5.91 Å². The number of carbonyl (C=O) groups excluding carboxylic acids is 1. The van der Waals surface area contributed by atoms with Gasteiger partial charge in [0.05, 0.1) is 18.8 Å². The van der Waals surface area contributed by atoms with E-state index in [2.05, 4.69) is 11.4 Å². The summed E-state index contributed by atoms with van der Waals surface area (Å²) in [6.45, 7) is 0. The summed E-state index contributed by atoms with van der Waals surface area (Å²) in [5, 5.41) is 11.3.